The van der Waals surface area contributed by atoms with Gasteiger partial charge in [-0.25, -0.2) is 10.2 Å². The van der Waals surface area contributed by atoms with Gasteiger partial charge in [0, 0.05) is 0 Å². The number of alkyl halides is 3. The molecule has 0 aromatic rings. The first-order valence-corrected chi connectivity index (χ1v) is 7.97. The average Bonchev–Trinajstić information content (AvgIpc) is 2.45. The second kappa shape index (κ2) is 10.3. The number of carbonyl (C=O) groups excluding carboxylic acids is 2. The number of nitrogens with one attached hydrogen (secondary N) is 1. The van der Waals surface area contributed by atoms with Gasteiger partial charge in [-0.1, -0.05) is 23.9 Å². The van der Waals surface area contributed by atoms with Gasteiger partial charge in [0.1, 0.15) is 0 Å². The van der Waals surface area contributed by atoms with Crippen LogP contribution in [0, 0.1) is 0 Å². The fraction of sp³-hybridized carbons (Fsp3) is 0.417. The summed E-state index contributed by atoms with van der Waals surface area (Å²) >= 11 is 1.77. The molecule has 0 unspecified atom stereocenters. The molecular formula is C12H15F3N2O3S2. The first kappa shape index (κ1) is 20.6. The smallest absolute Gasteiger partial charge is 0.462 e. The summed E-state index contributed by atoms with van der Waals surface area (Å²) in [6, 6.07) is 0. The summed E-state index contributed by atoms with van der Waals surface area (Å²) in [4.78, 5) is 22.6. The highest BCUT2D eigenvalue weighted by Gasteiger charge is 2.38. The maximum Gasteiger partial charge on any atom is 0.473 e. The van der Waals surface area contributed by atoms with Crippen molar-refractivity contribution in [3.8, 4) is 0 Å². The molecule has 1 N–H and O–H groups in total. The molecule has 0 rings (SSSR count). The van der Waals surface area contributed by atoms with E-state index in [0.29, 0.717) is 0 Å². The third kappa shape index (κ3) is 8.13. The number of allylic oxidation sites excluding steroid dienone is 3. The molecule has 124 valence electrons. The topological polar surface area (TPSA) is 67.8 Å². The van der Waals surface area contributed by atoms with E-state index in [4.69, 9.17) is 4.74 Å². The third-order valence-corrected chi connectivity index (χ3v) is 3.77. The van der Waals surface area contributed by atoms with E-state index in [1.807, 2.05) is 0 Å². The predicted octanol–water partition coefficient (Wildman–Crippen LogP) is 3.06. The Labute approximate surface area is 134 Å². The summed E-state index contributed by atoms with van der Waals surface area (Å²) in [5, 5.41) is 3.35. The Morgan fingerprint density at radius 2 is 2.00 bits per heavy atom. The van der Waals surface area contributed by atoms with Crippen LogP contribution in [-0.2, 0) is 14.3 Å². The predicted molar refractivity (Wildman–Crippen MR) is 82.3 cm³/mol. The van der Waals surface area contributed by atoms with E-state index >= 15 is 0 Å². The lowest BCUT2D eigenvalue weighted by Gasteiger charge is -2.08. The Morgan fingerprint density at radius 1 is 1.36 bits per heavy atom. The van der Waals surface area contributed by atoms with Crippen molar-refractivity contribution in [3.05, 3.63) is 23.1 Å². The minimum Gasteiger partial charge on any atom is -0.462 e. The number of esters is 1. The Hall–Kier alpha value is -1.42. The van der Waals surface area contributed by atoms with Gasteiger partial charge in [-0.05, 0) is 26.2 Å². The number of rotatable bonds is 5. The van der Waals surface area contributed by atoms with Gasteiger partial charge in [0.05, 0.1) is 11.5 Å². The molecule has 0 radical (unpaired) electrons. The molecule has 0 saturated carbocycles. The van der Waals surface area contributed by atoms with E-state index in [-0.39, 0.29) is 15.9 Å². The molecule has 0 saturated heterocycles. The summed E-state index contributed by atoms with van der Waals surface area (Å²) in [5.74, 6) is -2.82. The molecule has 10 heteroatoms. The molecule has 0 aromatic carbocycles. The SMILES string of the molecule is C/C=C/C=C(/S/C(=N/NC(=O)C(F)(F)F)SC)C(=O)OCC. The highest BCUT2D eigenvalue weighted by atomic mass is 32.2. The van der Waals surface area contributed by atoms with Crippen molar-refractivity contribution < 1.29 is 27.5 Å². The van der Waals surface area contributed by atoms with Crippen LogP contribution in [0.15, 0.2) is 28.2 Å². The molecule has 0 aliphatic heterocycles. The van der Waals surface area contributed by atoms with E-state index in [1.54, 1.807) is 32.3 Å². The van der Waals surface area contributed by atoms with Gasteiger partial charge in [-0.3, -0.25) is 4.79 Å². The molecule has 22 heavy (non-hydrogen) atoms. The highest BCUT2D eigenvalue weighted by Crippen LogP contribution is 2.25. The van der Waals surface area contributed by atoms with Crippen LogP contribution in [0.1, 0.15) is 13.8 Å². The monoisotopic (exact) mass is 356 g/mol. The molecule has 0 fully saturated rings. The molecular weight excluding hydrogens is 341 g/mol. The summed E-state index contributed by atoms with van der Waals surface area (Å²) in [6.07, 6.45) is 1.21. The van der Waals surface area contributed by atoms with Crippen LogP contribution in [0.2, 0.25) is 0 Å². The molecule has 0 aromatic heterocycles. The second-order valence-electron chi connectivity index (χ2n) is 3.40. The molecule has 0 aliphatic rings. The first-order valence-electron chi connectivity index (χ1n) is 5.93. The van der Waals surface area contributed by atoms with Gasteiger partial charge in [0.2, 0.25) is 0 Å². The number of amides is 1. The van der Waals surface area contributed by atoms with Crippen molar-refractivity contribution in [1.29, 1.82) is 0 Å². The number of carbonyl (C=O) groups is 2. The number of hydrogen-bond acceptors (Lipinski definition) is 6. The van der Waals surface area contributed by atoms with Gasteiger partial charge >= 0.3 is 18.1 Å². The number of hydrogen-bond donors (Lipinski definition) is 1. The van der Waals surface area contributed by atoms with Gasteiger partial charge < -0.3 is 4.74 Å². The second-order valence-corrected chi connectivity index (χ2v) is 5.48. The van der Waals surface area contributed by atoms with Crippen molar-refractivity contribution in [2.75, 3.05) is 12.9 Å². The normalized spacial score (nSPS) is 13.4. The van der Waals surface area contributed by atoms with E-state index in [0.717, 1.165) is 23.5 Å². The lowest BCUT2D eigenvalue weighted by Crippen LogP contribution is -2.33. The Kier molecular flexibility index (Phi) is 9.66. The third-order valence-electron chi connectivity index (χ3n) is 1.79. The zero-order valence-electron chi connectivity index (χ0n) is 12.1. The van der Waals surface area contributed by atoms with Gasteiger partial charge in [-0.2, -0.15) is 18.3 Å². The quantitative estimate of drug-likeness (QED) is 0.205. The van der Waals surface area contributed by atoms with Crippen molar-refractivity contribution in [2.45, 2.75) is 20.0 Å². The van der Waals surface area contributed by atoms with Crippen molar-refractivity contribution in [2.24, 2.45) is 5.10 Å². The maximum absolute atomic E-state index is 12.1. The number of thioether (sulfide) groups is 2. The molecule has 1 amide bonds. The summed E-state index contributed by atoms with van der Waals surface area (Å²) in [5.41, 5.74) is 1.39. The maximum atomic E-state index is 12.1. The minimum atomic E-state index is -5.03. The van der Waals surface area contributed by atoms with Crippen molar-refractivity contribution in [1.82, 2.24) is 5.43 Å². The van der Waals surface area contributed by atoms with Crippen LogP contribution in [0.3, 0.4) is 0 Å². The standard InChI is InChI=1S/C12H15F3N2O3S2/c1-4-6-7-8(9(18)20-5-2)22-11(21-3)17-16-10(19)12(13,14)15/h4,6-7H,5H2,1-3H3,(H,16,19)/b6-4+,8-7+,17-11+. The first-order chi connectivity index (χ1) is 10.3. The largest absolute Gasteiger partial charge is 0.473 e. The van der Waals surface area contributed by atoms with Crippen LogP contribution >= 0.6 is 23.5 Å². The van der Waals surface area contributed by atoms with Crippen molar-refractivity contribution >= 4 is 39.8 Å². The molecule has 0 atom stereocenters. The summed E-state index contributed by atoms with van der Waals surface area (Å²) in [6.45, 7) is 3.52. The Bertz CT molecular complexity index is 488. The zero-order valence-corrected chi connectivity index (χ0v) is 13.7. The number of ether oxygens (including phenoxy) is 1. The average molecular weight is 356 g/mol. The van der Waals surface area contributed by atoms with Crippen LogP contribution in [0.25, 0.3) is 0 Å². The van der Waals surface area contributed by atoms with Gasteiger partial charge in [0.25, 0.3) is 0 Å². The van der Waals surface area contributed by atoms with E-state index in [1.165, 1.54) is 11.5 Å². The lowest BCUT2D eigenvalue weighted by molar-refractivity contribution is -0.173. The van der Waals surface area contributed by atoms with Crippen LogP contribution in [0.4, 0.5) is 13.2 Å². The Morgan fingerprint density at radius 3 is 2.45 bits per heavy atom. The number of nitrogens with zero attached hydrogens (tertiary/aromatic N) is 1. The molecule has 0 aliphatic carbocycles. The van der Waals surface area contributed by atoms with E-state index < -0.39 is 18.1 Å². The molecule has 5 nitrogen and oxygen atoms in total. The number of halogens is 3. The van der Waals surface area contributed by atoms with Crippen molar-refractivity contribution in [3.63, 3.8) is 0 Å². The molecule has 0 heterocycles. The van der Waals surface area contributed by atoms with Gasteiger partial charge in [0.15, 0.2) is 4.38 Å². The fourth-order valence-corrected chi connectivity index (χ4v) is 2.20. The van der Waals surface area contributed by atoms with Crippen LogP contribution < -0.4 is 5.43 Å². The lowest BCUT2D eigenvalue weighted by atomic mass is 10.4. The van der Waals surface area contributed by atoms with E-state index in [9.17, 15) is 22.8 Å². The Balaban J connectivity index is 5.06. The van der Waals surface area contributed by atoms with E-state index in [2.05, 4.69) is 5.10 Å². The molecule has 0 bridgehead atoms. The van der Waals surface area contributed by atoms with Crippen LogP contribution in [0.5, 0.6) is 0 Å². The fourth-order valence-electron chi connectivity index (χ4n) is 0.894. The summed E-state index contributed by atoms with van der Waals surface area (Å²) < 4.78 is 41.1. The zero-order chi connectivity index (χ0) is 17.2. The summed E-state index contributed by atoms with van der Waals surface area (Å²) in [7, 11) is 0. The van der Waals surface area contributed by atoms with Crippen LogP contribution in [-0.4, -0.2) is 35.3 Å². The minimum absolute atomic E-state index is 0.0569. The molecule has 0 spiro atoms. The van der Waals surface area contributed by atoms with Gasteiger partial charge in [-0.15, -0.1) is 11.8 Å². The number of hydrazone groups is 1. The highest BCUT2D eigenvalue weighted by molar-refractivity contribution is 8.40.